The number of anilines is 1. The lowest BCUT2D eigenvalue weighted by molar-refractivity contribution is -0.123. The van der Waals surface area contributed by atoms with E-state index >= 15 is 0 Å². The average molecular weight is 419 g/mol. The van der Waals surface area contributed by atoms with Gasteiger partial charge in [-0.15, -0.1) is 0 Å². The van der Waals surface area contributed by atoms with Crippen LogP contribution in [0.25, 0.3) is 0 Å². The molecule has 0 radical (unpaired) electrons. The Labute approximate surface area is 173 Å². The van der Waals surface area contributed by atoms with Gasteiger partial charge in [-0.3, -0.25) is 9.52 Å². The molecule has 7 heteroatoms. The molecule has 2 rings (SSSR count). The fourth-order valence-electron chi connectivity index (χ4n) is 2.53. The SMILES string of the molecule is Cc1ccc(NS(=O)(=O)c2ccc(OCC(=O)NCC(C)(C)C)c(C)c2)cc1C. The van der Waals surface area contributed by atoms with Crippen LogP contribution in [0.15, 0.2) is 41.3 Å². The number of rotatable bonds is 7. The van der Waals surface area contributed by atoms with E-state index in [0.717, 1.165) is 11.1 Å². The molecule has 0 bridgehead atoms. The minimum absolute atomic E-state index is 0.00935. The summed E-state index contributed by atoms with van der Waals surface area (Å²) in [5.74, 6) is 0.258. The Balaban J connectivity index is 2.05. The van der Waals surface area contributed by atoms with Crippen molar-refractivity contribution >= 4 is 21.6 Å². The molecule has 0 aliphatic rings. The van der Waals surface area contributed by atoms with Gasteiger partial charge in [0.25, 0.3) is 15.9 Å². The van der Waals surface area contributed by atoms with E-state index in [1.54, 1.807) is 25.1 Å². The van der Waals surface area contributed by atoms with E-state index in [1.165, 1.54) is 12.1 Å². The second-order valence-electron chi connectivity index (χ2n) is 8.46. The van der Waals surface area contributed by atoms with Gasteiger partial charge in [0, 0.05) is 12.2 Å². The molecule has 0 heterocycles. The zero-order chi connectivity index (χ0) is 21.8. The summed E-state index contributed by atoms with van der Waals surface area (Å²) in [7, 11) is -3.72. The Bertz CT molecular complexity index is 992. The summed E-state index contributed by atoms with van der Waals surface area (Å²) in [6.07, 6.45) is 0. The van der Waals surface area contributed by atoms with Crippen LogP contribution in [0.1, 0.15) is 37.5 Å². The monoisotopic (exact) mass is 418 g/mol. The first-order valence-corrected chi connectivity index (χ1v) is 11.0. The molecule has 2 aromatic rings. The number of amides is 1. The van der Waals surface area contributed by atoms with Gasteiger partial charge < -0.3 is 10.1 Å². The predicted molar refractivity (Wildman–Crippen MR) is 116 cm³/mol. The molecule has 0 aliphatic carbocycles. The maximum atomic E-state index is 12.7. The third-order valence-corrected chi connectivity index (χ3v) is 5.77. The van der Waals surface area contributed by atoms with Gasteiger partial charge >= 0.3 is 0 Å². The lowest BCUT2D eigenvalue weighted by Crippen LogP contribution is -2.35. The molecule has 0 unspecified atom stereocenters. The topological polar surface area (TPSA) is 84.5 Å². The van der Waals surface area contributed by atoms with Crippen LogP contribution in [0.2, 0.25) is 0 Å². The van der Waals surface area contributed by atoms with Crippen molar-refractivity contribution in [2.24, 2.45) is 5.41 Å². The molecule has 0 fully saturated rings. The van der Waals surface area contributed by atoms with E-state index in [0.29, 0.717) is 23.5 Å². The zero-order valence-corrected chi connectivity index (χ0v) is 18.7. The number of ether oxygens (including phenoxy) is 1. The molecule has 158 valence electrons. The number of hydrogen-bond donors (Lipinski definition) is 2. The molecule has 0 spiro atoms. The van der Waals surface area contributed by atoms with Crippen molar-refractivity contribution in [1.82, 2.24) is 5.32 Å². The molecular formula is C22H30N2O4S. The normalized spacial score (nSPS) is 11.8. The zero-order valence-electron chi connectivity index (χ0n) is 17.9. The maximum absolute atomic E-state index is 12.7. The summed E-state index contributed by atoms with van der Waals surface area (Å²) >= 11 is 0. The quantitative estimate of drug-likeness (QED) is 0.713. The number of nitrogens with one attached hydrogen (secondary N) is 2. The Kier molecular flexibility index (Phi) is 6.95. The van der Waals surface area contributed by atoms with Gasteiger partial charge in [0.2, 0.25) is 0 Å². The van der Waals surface area contributed by atoms with Gasteiger partial charge in [-0.1, -0.05) is 26.8 Å². The second kappa shape index (κ2) is 8.86. The largest absolute Gasteiger partial charge is 0.484 e. The minimum atomic E-state index is -3.72. The van der Waals surface area contributed by atoms with E-state index < -0.39 is 10.0 Å². The predicted octanol–water partition coefficient (Wildman–Crippen LogP) is 3.95. The van der Waals surface area contributed by atoms with E-state index in [9.17, 15) is 13.2 Å². The van der Waals surface area contributed by atoms with E-state index in [2.05, 4.69) is 10.0 Å². The lowest BCUT2D eigenvalue weighted by Gasteiger charge is -2.19. The summed E-state index contributed by atoms with van der Waals surface area (Å²) in [5, 5.41) is 2.81. The molecule has 0 saturated heterocycles. The Hall–Kier alpha value is -2.54. The third kappa shape index (κ3) is 6.78. The summed E-state index contributed by atoms with van der Waals surface area (Å²) in [6.45, 7) is 12.2. The van der Waals surface area contributed by atoms with Crippen LogP contribution in [-0.2, 0) is 14.8 Å². The lowest BCUT2D eigenvalue weighted by atomic mass is 9.97. The molecule has 0 saturated carbocycles. The standard InChI is InChI=1S/C22H30N2O4S/c1-15-7-8-18(11-16(15)2)24-29(26,27)19-9-10-20(17(3)12-19)28-13-21(25)23-14-22(4,5)6/h7-12,24H,13-14H2,1-6H3,(H,23,25). The van der Waals surface area contributed by atoms with Gasteiger partial charge in [-0.2, -0.15) is 0 Å². The van der Waals surface area contributed by atoms with E-state index in [1.807, 2.05) is 40.7 Å². The second-order valence-corrected chi connectivity index (χ2v) is 10.1. The highest BCUT2D eigenvalue weighted by atomic mass is 32.2. The number of aryl methyl sites for hydroxylation is 3. The average Bonchev–Trinajstić information content (AvgIpc) is 2.61. The number of sulfonamides is 1. The Morgan fingerprint density at radius 1 is 0.966 bits per heavy atom. The first-order chi connectivity index (χ1) is 13.4. The van der Waals surface area contributed by atoms with Crippen molar-refractivity contribution in [3.05, 3.63) is 53.1 Å². The molecule has 1 amide bonds. The van der Waals surface area contributed by atoms with Gasteiger partial charge in [-0.05, 0) is 73.2 Å². The highest BCUT2D eigenvalue weighted by Gasteiger charge is 2.17. The summed E-state index contributed by atoms with van der Waals surface area (Å²) in [6, 6.07) is 9.99. The van der Waals surface area contributed by atoms with E-state index in [-0.39, 0.29) is 22.8 Å². The van der Waals surface area contributed by atoms with Crippen LogP contribution in [0.4, 0.5) is 5.69 Å². The molecule has 0 atom stereocenters. The van der Waals surface area contributed by atoms with Crippen LogP contribution < -0.4 is 14.8 Å². The molecule has 0 aliphatic heterocycles. The number of carbonyl (C=O) groups is 1. The minimum Gasteiger partial charge on any atom is -0.484 e. The van der Waals surface area contributed by atoms with Crippen LogP contribution in [0, 0.1) is 26.2 Å². The van der Waals surface area contributed by atoms with Crippen LogP contribution >= 0.6 is 0 Å². The van der Waals surface area contributed by atoms with Crippen molar-refractivity contribution in [2.45, 2.75) is 46.4 Å². The number of carbonyl (C=O) groups excluding carboxylic acids is 1. The summed E-state index contributed by atoms with van der Waals surface area (Å²) in [5.41, 5.74) is 3.25. The highest BCUT2D eigenvalue weighted by molar-refractivity contribution is 7.92. The maximum Gasteiger partial charge on any atom is 0.261 e. The molecule has 6 nitrogen and oxygen atoms in total. The summed E-state index contributed by atoms with van der Waals surface area (Å²) < 4.78 is 33.5. The fourth-order valence-corrected chi connectivity index (χ4v) is 3.66. The van der Waals surface area contributed by atoms with Gasteiger partial charge in [0.1, 0.15) is 5.75 Å². The molecule has 29 heavy (non-hydrogen) atoms. The third-order valence-electron chi connectivity index (χ3n) is 4.39. The number of hydrogen-bond acceptors (Lipinski definition) is 4. The first kappa shape index (κ1) is 22.7. The first-order valence-electron chi connectivity index (χ1n) is 9.48. The van der Waals surface area contributed by atoms with Crippen LogP contribution in [-0.4, -0.2) is 27.5 Å². The van der Waals surface area contributed by atoms with Crippen LogP contribution in [0.3, 0.4) is 0 Å². The van der Waals surface area contributed by atoms with Crippen molar-refractivity contribution in [1.29, 1.82) is 0 Å². The number of benzene rings is 2. The Morgan fingerprint density at radius 3 is 2.24 bits per heavy atom. The smallest absolute Gasteiger partial charge is 0.261 e. The molecule has 2 aromatic carbocycles. The van der Waals surface area contributed by atoms with Gasteiger partial charge in [0.05, 0.1) is 4.90 Å². The van der Waals surface area contributed by atoms with Crippen LogP contribution in [0.5, 0.6) is 5.75 Å². The van der Waals surface area contributed by atoms with Gasteiger partial charge in [-0.25, -0.2) is 8.42 Å². The molecular weight excluding hydrogens is 388 g/mol. The van der Waals surface area contributed by atoms with Crippen molar-refractivity contribution in [2.75, 3.05) is 17.9 Å². The molecule has 0 aromatic heterocycles. The highest BCUT2D eigenvalue weighted by Crippen LogP contribution is 2.24. The Morgan fingerprint density at radius 2 is 1.66 bits per heavy atom. The van der Waals surface area contributed by atoms with Gasteiger partial charge in [0.15, 0.2) is 6.61 Å². The fraction of sp³-hybridized carbons (Fsp3) is 0.409. The van der Waals surface area contributed by atoms with Crippen molar-refractivity contribution in [3.63, 3.8) is 0 Å². The van der Waals surface area contributed by atoms with E-state index in [4.69, 9.17) is 4.74 Å². The summed E-state index contributed by atoms with van der Waals surface area (Å²) in [4.78, 5) is 12.0. The molecule has 2 N–H and O–H groups in total. The van der Waals surface area contributed by atoms with Crippen molar-refractivity contribution in [3.8, 4) is 5.75 Å². The van der Waals surface area contributed by atoms with Crippen molar-refractivity contribution < 1.29 is 17.9 Å².